The van der Waals surface area contributed by atoms with Gasteiger partial charge in [-0.2, -0.15) is 0 Å². The summed E-state index contributed by atoms with van der Waals surface area (Å²) < 4.78 is 1.92. The van der Waals surface area contributed by atoms with E-state index < -0.39 is 11.4 Å². The fraction of sp³-hybridized carbons (Fsp3) is 0.571. The Labute approximate surface area is 106 Å². The van der Waals surface area contributed by atoms with Crippen molar-refractivity contribution >= 4 is 5.97 Å². The highest BCUT2D eigenvalue weighted by Gasteiger charge is 2.16. The van der Waals surface area contributed by atoms with E-state index in [0.717, 1.165) is 12.2 Å². The van der Waals surface area contributed by atoms with E-state index in [2.05, 4.69) is 0 Å². The number of aromatic nitrogens is 1. The van der Waals surface area contributed by atoms with Crippen LogP contribution in [0.25, 0.3) is 0 Å². The van der Waals surface area contributed by atoms with Crippen LogP contribution in [-0.4, -0.2) is 15.6 Å². The summed E-state index contributed by atoms with van der Waals surface area (Å²) in [4.78, 5) is 22.5. The van der Waals surface area contributed by atoms with Crippen LogP contribution in [0.5, 0.6) is 0 Å². The number of hydrogen-bond donors (Lipinski definition) is 1. The third-order valence-electron chi connectivity index (χ3n) is 3.75. The van der Waals surface area contributed by atoms with Crippen molar-refractivity contribution in [3.63, 3.8) is 0 Å². The number of aromatic carboxylic acids is 1. The first-order chi connectivity index (χ1) is 8.58. The van der Waals surface area contributed by atoms with Crippen molar-refractivity contribution in [2.24, 2.45) is 5.92 Å². The summed E-state index contributed by atoms with van der Waals surface area (Å²) >= 11 is 0. The fourth-order valence-corrected chi connectivity index (χ4v) is 2.68. The number of hydrogen-bond acceptors (Lipinski definition) is 2. The second-order valence-corrected chi connectivity index (χ2v) is 5.15. The van der Waals surface area contributed by atoms with Gasteiger partial charge < -0.3 is 9.67 Å². The molecular formula is C14H19NO3. The zero-order chi connectivity index (χ0) is 13.1. The van der Waals surface area contributed by atoms with E-state index >= 15 is 0 Å². The Morgan fingerprint density at radius 3 is 2.67 bits per heavy atom. The zero-order valence-electron chi connectivity index (χ0n) is 10.7. The van der Waals surface area contributed by atoms with Crippen molar-refractivity contribution in [3.8, 4) is 0 Å². The lowest BCUT2D eigenvalue weighted by molar-refractivity contribution is 0.0694. The third-order valence-corrected chi connectivity index (χ3v) is 3.75. The Morgan fingerprint density at radius 2 is 2.06 bits per heavy atom. The minimum Gasteiger partial charge on any atom is -0.477 e. The highest BCUT2D eigenvalue weighted by atomic mass is 16.4. The Balaban J connectivity index is 2.23. The molecule has 1 heterocycles. The van der Waals surface area contributed by atoms with Gasteiger partial charge in [0.1, 0.15) is 5.56 Å². The van der Waals surface area contributed by atoms with Gasteiger partial charge in [0.25, 0.3) is 0 Å². The van der Waals surface area contributed by atoms with Crippen LogP contribution in [0.3, 0.4) is 0 Å². The first-order valence-corrected chi connectivity index (χ1v) is 6.52. The highest BCUT2D eigenvalue weighted by molar-refractivity contribution is 5.87. The summed E-state index contributed by atoms with van der Waals surface area (Å²) in [5, 5.41) is 8.97. The van der Waals surface area contributed by atoms with Gasteiger partial charge in [0.15, 0.2) is 5.43 Å². The lowest BCUT2D eigenvalue weighted by Gasteiger charge is -2.24. The van der Waals surface area contributed by atoms with Crippen molar-refractivity contribution in [2.75, 3.05) is 0 Å². The fourth-order valence-electron chi connectivity index (χ4n) is 2.68. The molecule has 0 spiro atoms. The first kappa shape index (κ1) is 12.9. The molecular weight excluding hydrogens is 230 g/mol. The van der Waals surface area contributed by atoms with Gasteiger partial charge in [0.2, 0.25) is 0 Å². The molecule has 0 saturated heterocycles. The van der Waals surface area contributed by atoms with Gasteiger partial charge in [0.05, 0.1) is 0 Å². The summed E-state index contributed by atoms with van der Waals surface area (Å²) in [5.41, 5.74) is 0.312. The number of carbonyl (C=O) groups is 1. The summed E-state index contributed by atoms with van der Waals surface area (Å²) in [5.74, 6) is -0.529. The lowest BCUT2D eigenvalue weighted by Crippen LogP contribution is -2.22. The largest absolute Gasteiger partial charge is 0.477 e. The minimum absolute atomic E-state index is 0.128. The summed E-state index contributed by atoms with van der Waals surface area (Å²) in [6.07, 6.45) is 7.72. The van der Waals surface area contributed by atoms with E-state index in [4.69, 9.17) is 5.11 Å². The standard InChI is InChI=1S/C14H19NO3/c1-10-7-13(16)12(14(17)18)9-15(10)8-11-5-3-2-4-6-11/h7,9,11H,2-6,8H2,1H3,(H,17,18). The van der Waals surface area contributed by atoms with Gasteiger partial charge in [-0.05, 0) is 25.7 Å². The first-order valence-electron chi connectivity index (χ1n) is 6.52. The molecule has 0 aromatic carbocycles. The highest BCUT2D eigenvalue weighted by Crippen LogP contribution is 2.25. The molecule has 1 aromatic rings. The van der Waals surface area contributed by atoms with Crippen LogP contribution in [0, 0.1) is 12.8 Å². The molecule has 4 heteroatoms. The number of carboxylic acids is 1. The van der Waals surface area contributed by atoms with Gasteiger partial charge in [-0.1, -0.05) is 19.3 Å². The van der Waals surface area contributed by atoms with Crippen LogP contribution in [0.4, 0.5) is 0 Å². The van der Waals surface area contributed by atoms with Crippen LogP contribution >= 0.6 is 0 Å². The maximum Gasteiger partial charge on any atom is 0.341 e. The molecule has 0 bridgehead atoms. The SMILES string of the molecule is Cc1cc(=O)c(C(=O)O)cn1CC1CCCCC1. The van der Waals surface area contributed by atoms with Crippen LogP contribution in [0.2, 0.25) is 0 Å². The van der Waals surface area contributed by atoms with Gasteiger partial charge >= 0.3 is 5.97 Å². The average molecular weight is 249 g/mol. The lowest BCUT2D eigenvalue weighted by atomic mass is 9.89. The summed E-state index contributed by atoms with van der Waals surface area (Å²) in [7, 11) is 0. The number of aryl methyl sites for hydroxylation is 1. The predicted octanol–water partition coefficient (Wildman–Crippen LogP) is 2.44. The number of nitrogens with zero attached hydrogens (tertiary/aromatic N) is 1. The molecule has 0 amide bonds. The smallest absolute Gasteiger partial charge is 0.341 e. The second kappa shape index (κ2) is 5.38. The Morgan fingerprint density at radius 1 is 1.39 bits per heavy atom. The second-order valence-electron chi connectivity index (χ2n) is 5.15. The molecule has 0 unspecified atom stereocenters. The summed E-state index contributed by atoms with van der Waals surface area (Å²) in [6, 6.07) is 1.42. The average Bonchev–Trinajstić information content (AvgIpc) is 2.33. The van der Waals surface area contributed by atoms with Crippen molar-refractivity contribution in [2.45, 2.75) is 45.6 Å². The minimum atomic E-state index is -1.14. The molecule has 2 rings (SSSR count). The maximum absolute atomic E-state index is 11.5. The van der Waals surface area contributed by atoms with Crippen molar-refractivity contribution < 1.29 is 9.90 Å². The molecule has 0 aliphatic heterocycles. The van der Waals surface area contributed by atoms with Crippen LogP contribution in [-0.2, 0) is 6.54 Å². The van der Waals surface area contributed by atoms with Crippen LogP contribution in [0.15, 0.2) is 17.1 Å². The molecule has 0 radical (unpaired) electrons. The van der Waals surface area contributed by atoms with E-state index in [9.17, 15) is 9.59 Å². The Bertz CT molecular complexity index is 498. The van der Waals surface area contributed by atoms with Crippen LogP contribution < -0.4 is 5.43 Å². The number of pyridine rings is 1. The topological polar surface area (TPSA) is 59.3 Å². The normalized spacial score (nSPS) is 16.7. The molecule has 1 aliphatic carbocycles. The molecule has 1 aromatic heterocycles. The maximum atomic E-state index is 11.5. The molecule has 1 saturated carbocycles. The van der Waals surface area contributed by atoms with E-state index in [1.807, 2.05) is 11.5 Å². The van der Waals surface area contributed by atoms with Gasteiger partial charge in [0, 0.05) is 24.5 Å². The van der Waals surface area contributed by atoms with Crippen molar-refractivity contribution in [1.29, 1.82) is 0 Å². The number of rotatable bonds is 3. The van der Waals surface area contributed by atoms with Crippen molar-refractivity contribution in [1.82, 2.24) is 4.57 Å². The van der Waals surface area contributed by atoms with E-state index in [1.54, 1.807) is 0 Å². The molecule has 0 atom stereocenters. The van der Waals surface area contributed by atoms with Gasteiger partial charge in [-0.25, -0.2) is 4.79 Å². The molecule has 1 fully saturated rings. The molecule has 4 nitrogen and oxygen atoms in total. The molecule has 1 N–H and O–H groups in total. The molecule has 1 aliphatic rings. The monoisotopic (exact) mass is 249 g/mol. The molecule has 18 heavy (non-hydrogen) atoms. The molecule has 98 valence electrons. The van der Waals surface area contributed by atoms with E-state index in [1.165, 1.54) is 44.4 Å². The third kappa shape index (κ3) is 2.81. The van der Waals surface area contributed by atoms with Crippen molar-refractivity contribution in [3.05, 3.63) is 33.7 Å². The van der Waals surface area contributed by atoms with Gasteiger partial charge in [-0.15, -0.1) is 0 Å². The summed E-state index contributed by atoms with van der Waals surface area (Å²) in [6.45, 7) is 2.68. The number of carboxylic acid groups (broad SMARTS) is 1. The predicted molar refractivity (Wildman–Crippen MR) is 69.0 cm³/mol. The zero-order valence-corrected chi connectivity index (χ0v) is 10.7. The van der Waals surface area contributed by atoms with Gasteiger partial charge in [-0.3, -0.25) is 4.79 Å². The Kier molecular flexibility index (Phi) is 3.84. The van der Waals surface area contributed by atoms with E-state index in [-0.39, 0.29) is 5.56 Å². The Hall–Kier alpha value is -1.58. The van der Waals surface area contributed by atoms with Crippen LogP contribution in [0.1, 0.15) is 48.2 Å². The quantitative estimate of drug-likeness (QED) is 0.895. The van der Waals surface area contributed by atoms with E-state index in [0.29, 0.717) is 5.92 Å².